The molecule has 0 bridgehead atoms. The maximum Gasteiger partial charge on any atom is 0.125 e. The van der Waals surface area contributed by atoms with E-state index in [0.29, 0.717) is 6.54 Å². The fraction of sp³-hybridized carbons (Fsp3) is 0.182. The number of aryl methyl sites for hydroxylation is 1. The highest BCUT2D eigenvalue weighted by molar-refractivity contribution is 7.11. The van der Waals surface area contributed by atoms with Crippen LogP contribution in [-0.4, -0.2) is 6.21 Å². The van der Waals surface area contributed by atoms with E-state index in [4.69, 9.17) is 4.42 Å². The minimum absolute atomic E-state index is 0.615. The number of hydrogen-bond donors (Lipinski definition) is 0. The van der Waals surface area contributed by atoms with Gasteiger partial charge in [-0.1, -0.05) is 0 Å². The SMILES string of the molecule is Cc1ccsc1C=NCc1ccco1. The van der Waals surface area contributed by atoms with Crippen LogP contribution in [0.2, 0.25) is 0 Å². The van der Waals surface area contributed by atoms with Gasteiger partial charge in [-0.3, -0.25) is 4.99 Å². The first-order valence-electron chi connectivity index (χ1n) is 4.42. The third kappa shape index (κ3) is 2.12. The summed E-state index contributed by atoms with van der Waals surface area (Å²) in [5.41, 5.74) is 1.28. The van der Waals surface area contributed by atoms with Crippen molar-refractivity contribution >= 4 is 17.6 Å². The summed E-state index contributed by atoms with van der Waals surface area (Å²) < 4.78 is 5.17. The van der Waals surface area contributed by atoms with E-state index < -0.39 is 0 Å². The summed E-state index contributed by atoms with van der Waals surface area (Å²) in [6, 6.07) is 5.90. The van der Waals surface area contributed by atoms with Crippen molar-refractivity contribution in [3.8, 4) is 0 Å². The van der Waals surface area contributed by atoms with Crippen LogP contribution in [-0.2, 0) is 6.54 Å². The Bertz CT molecular complexity index is 414. The molecule has 2 rings (SSSR count). The number of thiophene rings is 1. The Morgan fingerprint density at radius 3 is 3.07 bits per heavy atom. The lowest BCUT2D eigenvalue weighted by Gasteiger charge is -1.89. The number of nitrogens with zero attached hydrogens (tertiary/aromatic N) is 1. The molecule has 0 saturated heterocycles. The molecule has 0 spiro atoms. The third-order valence-electron chi connectivity index (χ3n) is 1.94. The third-order valence-corrected chi connectivity index (χ3v) is 2.89. The van der Waals surface area contributed by atoms with Crippen molar-refractivity contribution in [3.05, 3.63) is 46.0 Å². The number of aliphatic imine (C=N–C) groups is 1. The highest BCUT2D eigenvalue weighted by atomic mass is 32.1. The normalized spacial score (nSPS) is 11.2. The predicted molar refractivity (Wildman–Crippen MR) is 59.1 cm³/mol. The van der Waals surface area contributed by atoms with Crippen molar-refractivity contribution in [1.82, 2.24) is 0 Å². The Balaban J connectivity index is 1.99. The van der Waals surface area contributed by atoms with E-state index in [1.165, 1.54) is 10.4 Å². The van der Waals surface area contributed by atoms with E-state index in [0.717, 1.165) is 5.76 Å². The summed E-state index contributed by atoms with van der Waals surface area (Å²) >= 11 is 1.71. The molecule has 0 radical (unpaired) electrons. The number of furan rings is 1. The molecule has 0 unspecified atom stereocenters. The van der Waals surface area contributed by atoms with Crippen LogP contribution < -0.4 is 0 Å². The fourth-order valence-electron chi connectivity index (χ4n) is 1.14. The minimum atomic E-state index is 0.615. The zero-order valence-electron chi connectivity index (χ0n) is 7.93. The van der Waals surface area contributed by atoms with Crippen LogP contribution in [0.3, 0.4) is 0 Å². The van der Waals surface area contributed by atoms with Crippen molar-refractivity contribution in [2.75, 3.05) is 0 Å². The van der Waals surface area contributed by atoms with Gasteiger partial charge < -0.3 is 4.42 Å². The van der Waals surface area contributed by atoms with E-state index in [1.54, 1.807) is 17.6 Å². The van der Waals surface area contributed by atoms with Gasteiger partial charge in [0.1, 0.15) is 5.76 Å². The van der Waals surface area contributed by atoms with Crippen LogP contribution in [0.1, 0.15) is 16.2 Å². The van der Waals surface area contributed by atoms with Gasteiger partial charge in [0.25, 0.3) is 0 Å². The van der Waals surface area contributed by atoms with E-state index in [1.807, 2.05) is 18.3 Å². The average Bonchev–Trinajstić information content (AvgIpc) is 2.78. The Kier molecular flexibility index (Phi) is 2.79. The molecule has 72 valence electrons. The second-order valence-corrected chi connectivity index (χ2v) is 3.96. The molecular formula is C11H11NOS. The molecule has 3 heteroatoms. The molecule has 2 nitrogen and oxygen atoms in total. The van der Waals surface area contributed by atoms with Gasteiger partial charge in [0.15, 0.2) is 0 Å². The maximum absolute atomic E-state index is 5.17. The first-order chi connectivity index (χ1) is 6.86. The van der Waals surface area contributed by atoms with E-state index >= 15 is 0 Å². The maximum atomic E-state index is 5.17. The van der Waals surface area contributed by atoms with Gasteiger partial charge >= 0.3 is 0 Å². The molecule has 0 N–H and O–H groups in total. The molecule has 0 atom stereocenters. The number of hydrogen-bond acceptors (Lipinski definition) is 3. The van der Waals surface area contributed by atoms with Crippen LogP contribution in [0.15, 0.2) is 39.3 Å². The predicted octanol–water partition coefficient (Wildman–Crippen LogP) is 3.27. The van der Waals surface area contributed by atoms with E-state index in [-0.39, 0.29) is 0 Å². The van der Waals surface area contributed by atoms with Gasteiger partial charge in [-0.2, -0.15) is 0 Å². The van der Waals surface area contributed by atoms with Crippen molar-refractivity contribution in [2.24, 2.45) is 4.99 Å². The molecule has 0 amide bonds. The van der Waals surface area contributed by atoms with Crippen LogP contribution >= 0.6 is 11.3 Å². The van der Waals surface area contributed by atoms with Gasteiger partial charge in [-0.05, 0) is 36.1 Å². The number of rotatable bonds is 3. The van der Waals surface area contributed by atoms with Crippen LogP contribution in [0.5, 0.6) is 0 Å². The lowest BCUT2D eigenvalue weighted by molar-refractivity contribution is 0.513. The van der Waals surface area contributed by atoms with Crippen molar-refractivity contribution in [2.45, 2.75) is 13.5 Å². The Labute approximate surface area is 86.9 Å². The first-order valence-corrected chi connectivity index (χ1v) is 5.30. The molecule has 2 heterocycles. The smallest absolute Gasteiger partial charge is 0.125 e. The molecule has 0 aliphatic carbocycles. The zero-order valence-corrected chi connectivity index (χ0v) is 8.75. The molecule has 0 saturated carbocycles. The Morgan fingerprint density at radius 1 is 1.50 bits per heavy atom. The molecule has 14 heavy (non-hydrogen) atoms. The summed E-state index contributed by atoms with van der Waals surface area (Å²) in [7, 11) is 0. The highest BCUT2D eigenvalue weighted by Crippen LogP contribution is 2.13. The average molecular weight is 205 g/mol. The van der Waals surface area contributed by atoms with Crippen molar-refractivity contribution in [1.29, 1.82) is 0 Å². The van der Waals surface area contributed by atoms with Crippen molar-refractivity contribution < 1.29 is 4.42 Å². The Hall–Kier alpha value is -1.35. The summed E-state index contributed by atoms with van der Waals surface area (Å²) in [5.74, 6) is 0.899. The topological polar surface area (TPSA) is 25.5 Å². The fourth-order valence-corrected chi connectivity index (χ4v) is 1.95. The standard InChI is InChI=1S/C11H11NOS/c1-9-4-6-14-11(9)8-12-7-10-3-2-5-13-10/h2-6,8H,7H2,1H3. The van der Waals surface area contributed by atoms with Gasteiger partial charge in [0, 0.05) is 11.1 Å². The van der Waals surface area contributed by atoms with Gasteiger partial charge in [-0.15, -0.1) is 11.3 Å². The molecule has 2 aromatic rings. The van der Waals surface area contributed by atoms with Crippen LogP contribution in [0, 0.1) is 6.92 Å². The molecule has 2 aromatic heterocycles. The summed E-state index contributed by atoms with van der Waals surface area (Å²) in [6.07, 6.45) is 3.57. The minimum Gasteiger partial charge on any atom is -0.467 e. The second kappa shape index (κ2) is 4.24. The molecule has 0 aliphatic heterocycles. The summed E-state index contributed by atoms with van der Waals surface area (Å²) in [4.78, 5) is 5.53. The van der Waals surface area contributed by atoms with Gasteiger partial charge in [0.2, 0.25) is 0 Å². The lowest BCUT2D eigenvalue weighted by Crippen LogP contribution is -1.80. The monoisotopic (exact) mass is 205 g/mol. The van der Waals surface area contributed by atoms with Gasteiger partial charge in [-0.25, -0.2) is 0 Å². The molecule has 0 fully saturated rings. The second-order valence-electron chi connectivity index (χ2n) is 3.02. The molecular weight excluding hydrogens is 194 g/mol. The first kappa shape index (κ1) is 9.21. The van der Waals surface area contributed by atoms with E-state index in [9.17, 15) is 0 Å². The van der Waals surface area contributed by atoms with Crippen LogP contribution in [0.25, 0.3) is 0 Å². The van der Waals surface area contributed by atoms with Crippen molar-refractivity contribution in [3.63, 3.8) is 0 Å². The lowest BCUT2D eigenvalue weighted by atomic mass is 10.3. The summed E-state index contributed by atoms with van der Waals surface area (Å²) in [6.45, 7) is 2.70. The molecule has 0 aromatic carbocycles. The zero-order chi connectivity index (χ0) is 9.80. The molecule has 0 aliphatic rings. The quantitative estimate of drug-likeness (QED) is 0.706. The highest BCUT2D eigenvalue weighted by Gasteiger charge is 1.95. The summed E-state index contributed by atoms with van der Waals surface area (Å²) in [5, 5.41) is 2.07. The van der Waals surface area contributed by atoms with Crippen LogP contribution in [0.4, 0.5) is 0 Å². The van der Waals surface area contributed by atoms with E-state index in [2.05, 4.69) is 23.4 Å². The largest absolute Gasteiger partial charge is 0.467 e. The van der Waals surface area contributed by atoms with Gasteiger partial charge in [0.05, 0.1) is 12.8 Å². The Morgan fingerprint density at radius 2 is 2.43 bits per heavy atom.